The molecule has 2 aliphatic heterocycles. The van der Waals surface area contributed by atoms with Gasteiger partial charge < -0.3 is 10.0 Å². The Balaban J connectivity index is 1.75. The van der Waals surface area contributed by atoms with Gasteiger partial charge in [-0.25, -0.2) is 0 Å². The standard InChI is InChI=1S/C21H32N2O3/c1-20(2)11-8-12-21(3,4)23(20)26-18-13-17(15-24)22(19(18)25)14-16-9-6-5-7-10-16/h5-7,9-10,17-18,24H,8,11-15H2,1-4H3/t17-,18-/m0/s1. The molecule has 0 saturated carbocycles. The molecule has 26 heavy (non-hydrogen) atoms. The third kappa shape index (κ3) is 3.80. The van der Waals surface area contributed by atoms with Crippen LogP contribution in [-0.4, -0.2) is 50.8 Å². The van der Waals surface area contributed by atoms with Gasteiger partial charge in [-0.15, -0.1) is 0 Å². The van der Waals surface area contributed by atoms with E-state index >= 15 is 0 Å². The fraction of sp³-hybridized carbons (Fsp3) is 0.667. The molecular weight excluding hydrogens is 328 g/mol. The van der Waals surface area contributed by atoms with E-state index in [2.05, 4.69) is 27.7 Å². The van der Waals surface area contributed by atoms with Gasteiger partial charge in [-0.2, -0.15) is 5.06 Å². The Morgan fingerprint density at radius 2 is 1.73 bits per heavy atom. The van der Waals surface area contributed by atoms with Crippen molar-refractivity contribution < 1.29 is 14.7 Å². The summed E-state index contributed by atoms with van der Waals surface area (Å²) in [6.07, 6.45) is 3.28. The number of piperidine rings is 1. The number of hydrogen-bond acceptors (Lipinski definition) is 4. The summed E-state index contributed by atoms with van der Waals surface area (Å²) in [6.45, 7) is 9.19. The second-order valence-corrected chi connectivity index (χ2v) is 8.89. The van der Waals surface area contributed by atoms with Crippen LogP contribution in [-0.2, 0) is 16.2 Å². The Labute approximate surface area is 156 Å². The van der Waals surface area contributed by atoms with Crippen LogP contribution < -0.4 is 0 Å². The van der Waals surface area contributed by atoms with Crippen LogP contribution in [0.2, 0.25) is 0 Å². The molecule has 1 aromatic carbocycles. The summed E-state index contributed by atoms with van der Waals surface area (Å²) in [4.78, 5) is 21.1. The van der Waals surface area contributed by atoms with Crippen LogP contribution in [0.4, 0.5) is 0 Å². The lowest BCUT2D eigenvalue weighted by molar-refractivity contribution is -0.297. The molecular formula is C21H32N2O3. The van der Waals surface area contributed by atoms with Crippen molar-refractivity contribution in [1.29, 1.82) is 0 Å². The summed E-state index contributed by atoms with van der Waals surface area (Å²) in [7, 11) is 0. The second-order valence-electron chi connectivity index (χ2n) is 8.89. The van der Waals surface area contributed by atoms with Gasteiger partial charge in [-0.3, -0.25) is 9.63 Å². The molecule has 3 rings (SSSR count). The zero-order chi connectivity index (χ0) is 18.9. The summed E-state index contributed by atoms with van der Waals surface area (Å²) in [6, 6.07) is 9.72. The first-order valence-electron chi connectivity index (χ1n) is 9.67. The minimum Gasteiger partial charge on any atom is -0.394 e. The number of hydroxylamine groups is 2. The molecule has 5 heteroatoms. The Hall–Kier alpha value is -1.43. The fourth-order valence-electron chi connectivity index (χ4n) is 4.48. The van der Waals surface area contributed by atoms with Crippen molar-refractivity contribution in [1.82, 2.24) is 9.96 Å². The summed E-state index contributed by atoms with van der Waals surface area (Å²) in [5.74, 6) is -0.0231. The van der Waals surface area contributed by atoms with E-state index in [4.69, 9.17) is 4.84 Å². The van der Waals surface area contributed by atoms with Crippen LogP contribution >= 0.6 is 0 Å². The highest BCUT2D eigenvalue weighted by atomic mass is 16.7. The maximum Gasteiger partial charge on any atom is 0.254 e. The molecule has 0 aromatic heterocycles. The van der Waals surface area contributed by atoms with Crippen molar-refractivity contribution in [2.75, 3.05) is 6.61 Å². The van der Waals surface area contributed by atoms with Crippen molar-refractivity contribution in [3.8, 4) is 0 Å². The van der Waals surface area contributed by atoms with Gasteiger partial charge in [0.25, 0.3) is 5.91 Å². The Bertz CT molecular complexity index is 613. The van der Waals surface area contributed by atoms with Crippen LogP contribution in [0.1, 0.15) is 58.9 Å². The van der Waals surface area contributed by atoms with Crippen molar-refractivity contribution in [2.45, 2.75) is 83.1 Å². The normalized spacial score (nSPS) is 28.5. The third-order valence-corrected chi connectivity index (χ3v) is 5.80. The van der Waals surface area contributed by atoms with Gasteiger partial charge in [0.2, 0.25) is 0 Å². The maximum absolute atomic E-state index is 13.0. The summed E-state index contributed by atoms with van der Waals surface area (Å²) >= 11 is 0. The highest BCUT2D eigenvalue weighted by Crippen LogP contribution is 2.40. The molecule has 0 radical (unpaired) electrons. The lowest BCUT2D eigenvalue weighted by Crippen LogP contribution is -2.59. The first-order chi connectivity index (χ1) is 12.2. The number of aliphatic hydroxyl groups excluding tert-OH is 1. The van der Waals surface area contributed by atoms with Gasteiger partial charge in [0.05, 0.1) is 12.6 Å². The predicted molar refractivity (Wildman–Crippen MR) is 101 cm³/mol. The molecule has 1 aromatic rings. The molecule has 0 aliphatic carbocycles. The molecule has 2 aliphatic rings. The van der Waals surface area contributed by atoms with E-state index in [9.17, 15) is 9.90 Å². The molecule has 2 heterocycles. The SMILES string of the molecule is CC1(C)CCCC(C)(C)N1O[C@H]1C[C@@H](CO)N(Cc2ccccc2)C1=O. The lowest BCUT2D eigenvalue weighted by Gasteiger charge is -2.51. The molecule has 0 spiro atoms. The Morgan fingerprint density at radius 1 is 1.12 bits per heavy atom. The van der Waals surface area contributed by atoms with Crippen LogP contribution in [0.25, 0.3) is 0 Å². The van der Waals surface area contributed by atoms with E-state index in [1.54, 1.807) is 4.90 Å². The number of amides is 1. The number of benzene rings is 1. The highest BCUT2D eigenvalue weighted by molar-refractivity contribution is 5.83. The van der Waals surface area contributed by atoms with Crippen molar-refractivity contribution in [3.05, 3.63) is 35.9 Å². The second kappa shape index (κ2) is 7.29. The molecule has 5 nitrogen and oxygen atoms in total. The Morgan fingerprint density at radius 3 is 2.31 bits per heavy atom. The number of nitrogens with zero attached hydrogens (tertiary/aromatic N) is 2. The average Bonchev–Trinajstić information content (AvgIpc) is 2.87. The topological polar surface area (TPSA) is 53.0 Å². The molecule has 0 unspecified atom stereocenters. The van der Waals surface area contributed by atoms with Crippen LogP contribution in [0.3, 0.4) is 0 Å². The molecule has 2 saturated heterocycles. The van der Waals surface area contributed by atoms with Crippen molar-refractivity contribution in [3.63, 3.8) is 0 Å². The smallest absolute Gasteiger partial charge is 0.254 e. The van der Waals surface area contributed by atoms with Gasteiger partial charge in [0.15, 0.2) is 6.10 Å². The molecule has 0 bridgehead atoms. The quantitative estimate of drug-likeness (QED) is 0.877. The molecule has 1 amide bonds. The number of rotatable bonds is 5. The lowest BCUT2D eigenvalue weighted by atomic mass is 9.82. The molecule has 144 valence electrons. The predicted octanol–water partition coefficient (Wildman–Crippen LogP) is 3.12. The third-order valence-electron chi connectivity index (χ3n) is 5.80. The van der Waals surface area contributed by atoms with E-state index in [0.29, 0.717) is 13.0 Å². The van der Waals surface area contributed by atoms with E-state index in [1.165, 1.54) is 0 Å². The largest absolute Gasteiger partial charge is 0.394 e. The molecule has 2 atom stereocenters. The summed E-state index contributed by atoms with van der Waals surface area (Å²) < 4.78 is 0. The average molecular weight is 360 g/mol. The fourth-order valence-corrected chi connectivity index (χ4v) is 4.48. The highest BCUT2D eigenvalue weighted by Gasteiger charge is 2.48. The van der Waals surface area contributed by atoms with Gasteiger partial charge in [0, 0.05) is 24.0 Å². The van der Waals surface area contributed by atoms with E-state index in [1.807, 2.05) is 35.4 Å². The summed E-state index contributed by atoms with van der Waals surface area (Å²) in [5, 5.41) is 11.8. The van der Waals surface area contributed by atoms with Gasteiger partial charge in [0.1, 0.15) is 0 Å². The number of carbonyl (C=O) groups excluding carboxylic acids is 1. The van der Waals surface area contributed by atoms with E-state index in [-0.39, 0.29) is 29.6 Å². The minimum absolute atomic E-state index is 0.0231. The molecule has 1 N–H and O–H groups in total. The van der Waals surface area contributed by atoms with E-state index < -0.39 is 6.10 Å². The minimum atomic E-state index is -0.521. The maximum atomic E-state index is 13.0. The first-order valence-corrected chi connectivity index (χ1v) is 9.67. The first kappa shape index (κ1) is 19.3. The zero-order valence-corrected chi connectivity index (χ0v) is 16.4. The summed E-state index contributed by atoms with van der Waals surface area (Å²) in [5.41, 5.74) is 0.853. The monoisotopic (exact) mass is 360 g/mol. The van der Waals surface area contributed by atoms with Gasteiger partial charge in [-0.05, 0) is 52.5 Å². The molecule has 2 fully saturated rings. The van der Waals surface area contributed by atoms with Crippen LogP contribution in [0.5, 0.6) is 0 Å². The van der Waals surface area contributed by atoms with Gasteiger partial charge in [-0.1, -0.05) is 30.3 Å². The number of likely N-dealkylation sites (tertiary alicyclic amines) is 1. The van der Waals surface area contributed by atoms with Crippen LogP contribution in [0.15, 0.2) is 30.3 Å². The van der Waals surface area contributed by atoms with Crippen LogP contribution in [0, 0.1) is 0 Å². The Kier molecular flexibility index (Phi) is 5.42. The van der Waals surface area contributed by atoms with Crippen molar-refractivity contribution in [2.24, 2.45) is 0 Å². The number of carbonyl (C=O) groups is 1. The number of hydrogen-bond donors (Lipinski definition) is 1. The van der Waals surface area contributed by atoms with Crippen molar-refractivity contribution >= 4 is 5.91 Å². The van der Waals surface area contributed by atoms with E-state index in [0.717, 1.165) is 24.8 Å². The zero-order valence-electron chi connectivity index (χ0n) is 16.4. The number of aliphatic hydroxyl groups is 1. The van der Waals surface area contributed by atoms with Gasteiger partial charge >= 0.3 is 0 Å².